The first-order valence-corrected chi connectivity index (χ1v) is 6.11. The third-order valence-electron chi connectivity index (χ3n) is 2.58. The summed E-state index contributed by atoms with van der Waals surface area (Å²) in [6, 6.07) is 9.84. The molecule has 0 aliphatic heterocycles. The number of nitrogens with one attached hydrogen (secondary N) is 1. The Morgan fingerprint density at radius 1 is 1.44 bits per heavy atom. The fraction of sp³-hybridized carbons (Fsp3) is 0.400. The van der Waals surface area contributed by atoms with Crippen LogP contribution in [0, 0.1) is 5.92 Å². The lowest BCUT2D eigenvalue weighted by atomic mass is 9.95. The number of benzene rings is 1. The zero-order valence-electron chi connectivity index (χ0n) is 11.0. The average molecular weight is 247 g/mol. The molecule has 98 valence electrons. The highest BCUT2D eigenvalue weighted by Crippen LogP contribution is 2.14. The molecule has 0 bridgehead atoms. The van der Waals surface area contributed by atoms with Gasteiger partial charge in [0.2, 0.25) is 5.91 Å². The molecule has 0 saturated carbocycles. The number of rotatable bonds is 6. The summed E-state index contributed by atoms with van der Waals surface area (Å²) in [5.41, 5.74) is -0.0806. The quantitative estimate of drug-likeness (QED) is 0.598. The number of carbonyl (C=O) groups excluding carboxylic acids is 1. The average Bonchev–Trinajstić information content (AvgIpc) is 2.27. The van der Waals surface area contributed by atoms with Crippen molar-refractivity contribution in [1.82, 2.24) is 5.32 Å². The van der Waals surface area contributed by atoms with Crippen molar-refractivity contribution < 1.29 is 9.90 Å². The highest BCUT2D eigenvalue weighted by molar-refractivity contribution is 5.79. The maximum atomic E-state index is 12.0. The molecule has 1 amide bonds. The number of hydrogen-bond acceptors (Lipinski definition) is 2. The molecule has 0 fully saturated rings. The fourth-order valence-corrected chi connectivity index (χ4v) is 1.79. The van der Waals surface area contributed by atoms with Gasteiger partial charge in [-0.1, -0.05) is 36.4 Å². The Morgan fingerprint density at radius 3 is 2.56 bits per heavy atom. The summed E-state index contributed by atoms with van der Waals surface area (Å²) < 4.78 is 0. The normalized spacial score (nSPS) is 12.8. The van der Waals surface area contributed by atoms with Crippen molar-refractivity contribution in [2.75, 3.05) is 0 Å². The molecule has 1 aromatic carbocycles. The second-order valence-corrected chi connectivity index (χ2v) is 4.96. The summed E-state index contributed by atoms with van der Waals surface area (Å²) in [7, 11) is 0. The third-order valence-corrected chi connectivity index (χ3v) is 2.58. The van der Waals surface area contributed by atoms with Gasteiger partial charge in [0.1, 0.15) is 5.72 Å². The van der Waals surface area contributed by atoms with Gasteiger partial charge in [-0.2, -0.15) is 0 Å². The topological polar surface area (TPSA) is 49.3 Å². The predicted octanol–water partition coefficient (Wildman–Crippen LogP) is 2.27. The Labute approximate surface area is 109 Å². The van der Waals surface area contributed by atoms with Gasteiger partial charge in [-0.05, 0) is 32.3 Å². The molecule has 1 rings (SSSR count). The van der Waals surface area contributed by atoms with Gasteiger partial charge < -0.3 is 10.4 Å². The van der Waals surface area contributed by atoms with Crippen LogP contribution in [0.2, 0.25) is 0 Å². The van der Waals surface area contributed by atoms with E-state index in [1.54, 1.807) is 19.9 Å². The van der Waals surface area contributed by atoms with Crippen molar-refractivity contribution in [3.63, 3.8) is 0 Å². The summed E-state index contributed by atoms with van der Waals surface area (Å²) in [6.07, 6.45) is 2.98. The van der Waals surface area contributed by atoms with Gasteiger partial charge in [-0.3, -0.25) is 4.79 Å². The smallest absolute Gasteiger partial charge is 0.225 e. The van der Waals surface area contributed by atoms with Crippen LogP contribution in [-0.4, -0.2) is 16.7 Å². The molecule has 1 atom stereocenters. The highest BCUT2D eigenvalue weighted by atomic mass is 16.3. The van der Waals surface area contributed by atoms with E-state index in [2.05, 4.69) is 11.9 Å². The van der Waals surface area contributed by atoms with Crippen molar-refractivity contribution in [3.05, 3.63) is 48.6 Å². The molecule has 0 aliphatic carbocycles. The Kier molecular flexibility index (Phi) is 5.10. The van der Waals surface area contributed by atoms with Gasteiger partial charge in [0.05, 0.1) is 0 Å². The molecule has 0 saturated heterocycles. The number of amides is 1. The molecule has 0 spiro atoms. The molecule has 3 heteroatoms. The van der Waals surface area contributed by atoms with Gasteiger partial charge >= 0.3 is 0 Å². The number of carbonyl (C=O) groups is 1. The summed E-state index contributed by atoms with van der Waals surface area (Å²) in [5, 5.41) is 12.2. The second-order valence-electron chi connectivity index (χ2n) is 4.96. The van der Waals surface area contributed by atoms with E-state index in [-0.39, 0.29) is 11.8 Å². The van der Waals surface area contributed by atoms with Crippen LogP contribution in [0.25, 0.3) is 0 Å². The molecule has 0 radical (unpaired) electrons. The Balaban J connectivity index is 2.71. The van der Waals surface area contributed by atoms with E-state index < -0.39 is 5.72 Å². The Hall–Kier alpha value is -1.61. The van der Waals surface area contributed by atoms with E-state index in [4.69, 9.17) is 0 Å². The number of hydrogen-bond donors (Lipinski definition) is 2. The number of aliphatic hydroxyl groups is 1. The minimum absolute atomic E-state index is 0.147. The third kappa shape index (κ3) is 5.15. The first-order valence-electron chi connectivity index (χ1n) is 6.11. The number of allylic oxidation sites excluding steroid dienone is 1. The van der Waals surface area contributed by atoms with E-state index in [0.717, 1.165) is 5.56 Å². The summed E-state index contributed by atoms with van der Waals surface area (Å²) in [4.78, 5) is 12.0. The van der Waals surface area contributed by atoms with Crippen LogP contribution in [0.3, 0.4) is 0 Å². The molecule has 1 aromatic rings. The first kappa shape index (κ1) is 14.5. The molecular formula is C15H21NO2. The van der Waals surface area contributed by atoms with Gasteiger partial charge in [-0.25, -0.2) is 0 Å². The summed E-state index contributed by atoms with van der Waals surface area (Å²) in [5.74, 6) is -0.345. The SMILES string of the molecule is C=CCC(Cc1ccccc1)C(=O)NC(C)(C)O. The van der Waals surface area contributed by atoms with Crippen molar-refractivity contribution in [3.8, 4) is 0 Å². The van der Waals surface area contributed by atoms with Crippen LogP contribution in [0.15, 0.2) is 43.0 Å². The van der Waals surface area contributed by atoms with E-state index >= 15 is 0 Å². The van der Waals surface area contributed by atoms with Crippen LogP contribution in [0.1, 0.15) is 25.8 Å². The monoisotopic (exact) mass is 247 g/mol. The van der Waals surface area contributed by atoms with E-state index in [0.29, 0.717) is 12.8 Å². The van der Waals surface area contributed by atoms with Crippen LogP contribution in [0.4, 0.5) is 0 Å². The minimum Gasteiger partial charge on any atom is -0.372 e. The molecule has 1 unspecified atom stereocenters. The maximum Gasteiger partial charge on any atom is 0.225 e. The standard InChI is InChI=1S/C15H21NO2/c1-4-8-13(14(17)16-15(2,3)18)11-12-9-6-5-7-10-12/h4-7,9-10,13,18H,1,8,11H2,2-3H3,(H,16,17). The lowest BCUT2D eigenvalue weighted by Gasteiger charge is -2.23. The van der Waals surface area contributed by atoms with E-state index in [9.17, 15) is 9.90 Å². The van der Waals surface area contributed by atoms with Crippen molar-refractivity contribution >= 4 is 5.91 Å². The predicted molar refractivity (Wildman–Crippen MR) is 72.9 cm³/mol. The Bertz CT molecular complexity index is 393. The zero-order valence-corrected chi connectivity index (χ0v) is 11.0. The van der Waals surface area contributed by atoms with Crippen LogP contribution in [0.5, 0.6) is 0 Å². The lowest BCUT2D eigenvalue weighted by molar-refractivity contribution is -0.130. The lowest BCUT2D eigenvalue weighted by Crippen LogP contribution is -2.46. The molecule has 18 heavy (non-hydrogen) atoms. The van der Waals surface area contributed by atoms with Gasteiger partial charge in [0.25, 0.3) is 0 Å². The summed E-state index contributed by atoms with van der Waals surface area (Å²) >= 11 is 0. The van der Waals surface area contributed by atoms with Crippen LogP contribution >= 0.6 is 0 Å². The maximum absolute atomic E-state index is 12.0. The highest BCUT2D eigenvalue weighted by Gasteiger charge is 2.23. The largest absolute Gasteiger partial charge is 0.372 e. The second kappa shape index (κ2) is 6.36. The molecular weight excluding hydrogens is 226 g/mol. The van der Waals surface area contributed by atoms with Gasteiger partial charge in [-0.15, -0.1) is 6.58 Å². The van der Waals surface area contributed by atoms with Gasteiger partial charge in [0, 0.05) is 5.92 Å². The minimum atomic E-state index is -1.19. The Morgan fingerprint density at radius 2 is 2.06 bits per heavy atom. The molecule has 2 N–H and O–H groups in total. The molecule has 0 aromatic heterocycles. The van der Waals surface area contributed by atoms with E-state index in [1.807, 2.05) is 30.3 Å². The molecule has 0 aliphatic rings. The fourth-order valence-electron chi connectivity index (χ4n) is 1.79. The van der Waals surface area contributed by atoms with Crippen molar-refractivity contribution in [2.45, 2.75) is 32.4 Å². The van der Waals surface area contributed by atoms with E-state index in [1.165, 1.54) is 0 Å². The molecule has 0 heterocycles. The summed E-state index contributed by atoms with van der Waals surface area (Å²) in [6.45, 7) is 6.79. The van der Waals surface area contributed by atoms with Crippen molar-refractivity contribution in [2.24, 2.45) is 5.92 Å². The molecule has 3 nitrogen and oxygen atoms in total. The first-order chi connectivity index (χ1) is 8.42. The van der Waals surface area contributed by atoms with Crippen LogP contribution < -0.4 is 5.32 Å². The zero-order chi connectivity index (χ0) is 13.6. The van der Waals surface area contributed by atoms with Crippen LogP contribution in [-0.2, 0) is 11.2 Å². The van der Waals surface area contributed by atoms with Gasteiger partial charge in [0.15, 0.2) is 0 Å². The van der Waals surface area contributed by atoms with Crippen molar-refractivity contribution in [1.29, 1.82) is 0 Å².